The van der Waals surface area contributed by atoms with Crippen LogP contribution in [0.2, 0.25) is 0 Å². The van der Waals surface area contributed by atoms with Gasteiger partial charge in [0.05, 0.1) is 18.1 Å². The number of esters is 1. The first-order chi connectivity index (χ1) is 14.9. The normalized spacial score (nSPS) is 15.8. The third-order valence-corrected chi connectivity index (χ3v) is 6.78. The molecule has 8 nitrogen and oxygen atoms in total. The van der Waals surface area contributed by atoms with Crippen LogP contribution in [-0.4, -0.2) is 57.0 Å². The first kappa shape index (κ1) is 22.9. The number of hydrogen-bond acceptors (Lipinski definition) is 6. The highest BCUT2D eigenvalue weighted by atomic mass is 32.2. The molecule has 2 aromatic carbocycles. The van der Waals surface area contributed by atoms with Crippen LogP contribution in [0, 0.1) is 0 Å². The molecule has 0 bridgehead atoms. The molecule has 1 atom stereocenters. The van der Waals surface area contributed by atoms with E-state index in [0.29, 0.717) is 38.4 Å². The van der Waals surface area contributed by atoms with Crippen LogP contribution < -0.4 is 5.32 Å². The highest BCUT2D eigenvalue weighted by Crippen LogP contribution is 2.19. The lowest BCUT2D eigenvalue weighted by Crippen LogP contribution is -2.40. The Morgan fingerprint density at radius 1 is 1.06 bits per heavy atom. The molecule has 1 amide bonds. The van der Waals surface area contributed by atoms with Crippen molar-refractivity contribution in [3.8, 4) is 0 Å². The first-order valence-electron chi connectivity index (χ1n) is 10.1. The molecule has 0 spiro atoms. The number of aryl methyl sites for hydroxylation is 1. The number of ether oxygens (including phenoxy) is 2. The SMILES string of the molecule is CC(OC(=O)CCc1ccccc1)C(=O)Nc1ccc(S(=O)(=O)N2CCOCC2)cc1. The largest absolute Gasteiger partial charge is 0.453 e. The topological polar surface area (TPSA) is 102 Å². The smallest absolute Gasteiger partial charge is 0.306 e. The van der Waals surface area contributed by atoms with Crippen molar-refractivity contribution in [3.63, 3.8) is 0 Å². The molecule has 1 aliphatic rings. The summed E-state index contributed by atoms with van der Waals surface area (Å²) < 4.78 is 37.0. The fraction of sp³-hybridized carbons (Fsp3) is 0.364. The van der Waals surface area contributed by atoms with E-state index in [4.69, 9.17) is 9.47 Å². The zero-order valence-electron chi connectivity index (χ0n) is 17.3. The molecule has 31 heavy (non-hydrogen) atoms. The van der Waals surface area contributed by atoms with Crippen molar-refractivity contribution in [1.82, 2.24) is 4.31 Å². The number of nitrogens with zero attached hydrogens (tertiary/aromatic N) is 1. The minimum Gasteiger partial charge on any atom is -0.453 e. The zero-order valence-corrected chi connectivity index (χ0v) is 18.1. The third-order valence-electron chi connectivity index (χ3n) is 4.87. The average molecular weight is 447 g/mol. The van der Waals surface area contributed by atoms with Gasteiger partial charge in [-0.25, -0.2) is 8.42 Å². The molecule has 1 fully saturated rings. The maximum absolute atomic E-state index is 12.6. The summed E-state index contributed by atoms with van der Waals surface area (Å²) >= 11 is 0. The monoisotopic (exact) mass is 446 g/mol. The van der Waals surface area contributed by atoms with Gasteiger partial charge in [-0.3, -0.25) is 9.59 Å². The van der Waals surface area contributed by atoms with Crippen LogP contribution in [0.15, 0.2) is 59.5 Å². The molecule has 1 heterocycles. The maximum Gasteiger partial charge on any atom is 0.306 e. The Bertz CT molecular complexity index is 986. The summed E-state index contributed by atoms with van der Waals surface area (Å²) in [7, 11) is -3.60. The van der Waals surface area contributed by atoms with Gasteiger partial charge in [0.1, 0.15) is 0 Å². The summed E-state index contributed by atoms with van der Waals surface area (Å²) in [6.45, 7) is 2.86. The Morgan fingerprint density at radius 2 is 1.71 bits per heavy atom. The van der Waals surface area contributed by atoms with Gasteiger partial charge in [-0.1, -0.05) is 30.3 Å². The fourth-order valence-corrected chi connectivity index (χ4v) is 4.50. The summed E-state index contributed by atoms with van der Waals surface area (Å²) in [5.41, 5.74) is 1.43. The molecule has 0 aliphatic carbocycles. The van der Waals surface area contributed by atoms with Crippen molar-refractivity contribution in [2.45, 2.75) is 30.8 Å². The van der Waals surface area contributed by atoms with E-state index in [2.05, 4.69) is 5.32 Å². The highest BCUT2D eigenvalue weighted by Gasteiger charge is 2.26. The van der Waals surface area contributed by atoms with Crippen molar-refractivity contribution in [1.29, 1.82) is 0 Å². The van der Waals surface area contributed by atoms with E-state index in [1.165, 1.54) is 35.5 Å². The van der Waals surface area contributed by atoms with Gasteiger partial charge in [0.15, 0.2) is 6.10 Å². The predicted molar refractivity (Wildman–Crippen MR) is 115 cm³/mol. The van der Waals surface area contributed by atoms with Gasteiger partial charge in [0.25, 0.3) is 5.91 Å². The minimum absolute atomic E-state index is 0.146. The summed E-state index contributed by atoms with van der Waals surface area (Å²) in [5.74, 6) is -0.949. The van der Waals surface area contributed by atoms with Gasteiger partial charge in [0.2, 0.25) is 10.0 Å². The molecule has 0 radical (unpaired) electrons. The fourth-order valence-electron chi connectivity index (χ4n) is 3.09. The van der Waals surface area contributed by atoms with Gasteiger partial charge in [-0.15, -0.1) is 0 Å². The van der Waals surface area contributed by atoms with Gasteiger partial charge >= 0.3 is 5.97 Å². The number of sulfonamides is 1. The molecule has 166 valence electrons. The van der Waals surface area contributed by atoms with Gasteiger partial charge in [-0.2, -0.15) is 4.31 Å². The Kier molecular flexibility index (Phi) is 7.78. The van der Waals surface area contributed by atoms with Gasteiger partial charge in [-0.05, 0) is 43.2 Å². The summed E-state index contributed by atoms with van der Waals surface area (Å²) in [6.07, 6.45) is -0.261. The Balaban J connectivity index is 1.50. The molecule has 1 unspecified atom stereocenters. The zero-order chi connectivity index (χ0) is 22.3. The van der Waals surface area contributed by atoms with Crippen LogP contribution in [-0.2, 0) is 35.5 Å². The van der Waals surface area contributed by atoms with Crippen LogP contribution >= 0.6 is 0 Å². The predicted octanol–water partition coefficient (Wildman–Crippen LogP) is 2.21. The second-order valence-corrected chi connectivity index (χ2v) is 9.09. The number of rotatable bonds is 8. The van der Waals surface area contributed by atoms with Crippen molar-refractivity contribution in [3.05, 3.63) is 60.2 Å². The summed E-state index contributed by atoms with van der Waals surface area (Å²) in [4.78, 5) is 24.5. The molecule has 0 saturated carbocycles. The van der Waals surface area contributed by atoms with E-state index in [-0.39, 0.29) is 11.3 Å². The number of hydrogen-bond donors (Lipinski definition) is 1. The standard InChI is InChI=1S/C22H26N2O6S/c1-17(30-21(25)12-7-18-5-3-2-4-6-18)22(26)23-19-8-10-20(11-9-19)31(27,28)24-13-15-29-16-14-24/h2-6,8-11,17H,7,12-16H2,1H3,(H,23,26). The number of amides is 1. The number of carbonyl (C=O) groups excluding carboxylic acids is 2. The van der Waals surface area contributed by atoms with E-state index < -0.39 is 28.0 Å². The Hall–Kier alpha value is -2.75. The minimum atomic E-state index is -3.60. The number of anilines is 1. The van der Waals surface area contributed by atoms with Crippen molar-refractivity contribution >= 4 is 27.6 Å². The second-order valence-electron chi connectivity index (χ2n) is 7.15. The summed E-state index contributed by atoms with van der Waals surface area (Å²) in [6, 6.07) is 15.4. The number of nitrogens with one attached hydrogen (secondary N) is 1. The number of morpholine rings is 1. The molecule has 1 aliphatic heterocycles. The van der Waals surface area contributed by atoms with Crippen LogP contribution in [0.4, 0.5) is 5.69 Å². The Labute approximate surface area is 182 Å². The Morgan fingerprint density at radius 3 is 2.35 bits per heavy atom. The van der Waals surface area contributed by atoms with Crippen LogP contribution in [0.3, 0.4) is 0 Å². The van der Waals surface area contributed by atoms with Crippen LogP contribution in [0.5, 0.6) is 0 Å². The van der Waals surface area contributed by atoms with Gasteiger partial charge in [0, 0.05) is 25.2 Å². The molecular formula is C22H26N2O6S. The molecular weight excluding hydrogens is 420 g/mol. The number of benzene rings is 2. The van der Waals surface area contributed by atoms with Crippen molar-refractivity contribution in [2.24, 2.45) is 0 Å². The van der Waals surface area contributed by atoms with E-state index in [0.717, 1.165) is 5.56 Å². The summed E-state index contributed by atoms with van der Waals surface area (Å²) in [5, 5.41) is 2.63. The lowest BCUT2D eigenvalue weighted by molar-refractivity contribution is -0.153. The van der Waals surface area contributed by atoms with E-state index >= 15 is 0 Å². The quantitative estimate of drug-likeness (QED) is 0.624. The molecule has 1 N–H and O–H groups in total. The lowest BCUT2D eigenvalue weighted by Gasteiger charge is -2.26. The first-order valence-corrected chi connectivity index (χ1v) is 11.5. The second kappa shape index (κ2) is 10.5. The van der Waals surface area contributed by atoms with Gasteiger partial charge < -0.3 is 14.8 Å². The molecule has 2 aromatic rings. The third kappa shape index (κ3) is 6.36. The van der Waals surface area contributed by atoms with Crippen molar-refractivity contribution < 1.29 is 27.5 Å². The molecule has 1 saturated heterocycles. The maximum atomic E-state index is 12.6. The lowest BCUT2D eigenvalue weighted by atomic mass is 10.1. The number of carbonyl (C=O) groups is 2. The van der Waals surface area contributed by atoms with E-state index in [1.54, 1.807) is 0 Å². The average Bonchev–Trinajstić information content (AvgIpc) is 2.79. The molecule has 3 rings (SSSR count). The van der Waals surface area contributed by atoms with Crippen LogP contribution in [0.25, 0.3) is 0 Å². The highest BCUT2D eigenvalue weighted by molar-refractivity contribution is 7.89. The molecule has 9 heteroatoms. The van der Waals surface area contributed by atoms with Crippen molar-refractivity contribution in [2.75, 3.05) is 31.6 Å². The van der Waals surface area contributed by atoms with E-state index in [1.807, 2.05) is 30.3 Å². The molecule has 0 aromatic heterocycles. The van der Waals surface area contributed by atoms with Crippen LogP contribution in [0.1, 0.15) is 18.9 Å². The van der Waals surface area contributed by atoms with E-state index in [9.17, 15) is 18.0 Å².